The van der Waals surface area contributed by atoms with Gasteiger partial charge >= 0.3 is 0 Å². The number of hydrogen-bond acceptors (Lipinski definition) is 2. The van der Waals surface area contributed by atoms with E-state index in [0.717, 1.165) is 42.9 Å². The molecule has 2 fully saturated rings. The zero-order chi connectivity index (χ0) is 18.4. The molecule has 1 aromatic carbocycles. The fourth-order valence-corrected chi connectivity index (χ4v) is 3.85. The first-order valence-corrected chi connectivity index (χ1v) is 10.3. The van der Waals surface area contributed by atoms with Crippen LogP contribution in [0.25, 0.3) is 0 Å². The highest BCUT2D eigenvalue weighted by atomic mass is 16.2. The average Bonchev–Trinajstić information content (AvgIpc) is 3.46. The molecule has 0 heterocycles. The van der Waals surface area contributed by atoms with E-state index in [9.17, 15) is 9.59 Å². The summed E-state index contributed by atoms with van der Waals surface area (Å²) in [6.45, 7) is 2.24. The number of anilines is 1. The Morgan fingerprint density at radius 3 is 2.31 bits per heavy atom. The number of amides is 2. The Morgan fingerprint density at radius 2 is 1.69 bits per heavy atom. The van der Waals surface area contributed by atoms with Gasteiger partial charge in [0.15, 0.2) is 0 Å². The van der Waals surface area contributed by atoms with Crippen LogP contribution in [0, 0.1) is 11.8 Å². The lowest BCUT2D eigenvalue weighted by Crippen LogP contribution is -2.27. The third kappa shape index (κ3) is 5.86. The van der Waals surface area contributed by atoms with Crippen LogP contribution in [-0.2, 0) is 16.0 Å². The summed E-state index contributed by atoms with van der Waals surface area (Å²) in [5.41, 5.74) is 1.81. The molecule has 2 amide bonds. The molecule has 0 saturated heterocycles. The Hall–Kier alpha value is -1.84. The smallest absolute Gasteiger partial charge is 0.227 e. The van der Waals surface area contributed by atoms with Gasteiger partial charge in [0.25, 0.3) is 0 Å². The minimum atomic E-state index is 0.0871. The molecule has 3 rings (SSSR count). The van der Waals surface area contributed by atoms with Crippen molar-refractivity contribution in [2.24, 2.45) is 11.8 Å². The molecular formula is C22H32N2O2. The van der Waals surface area contributed by atoms with Crippen LogP contribution in [0.5, 0.6) is 0 Å². The van der Waals surface area contributed by atoms with Gasteiger partial charge in [0.1, 0.15) is 0 Å². The van der Waals surface area contributed by atoms with Crippen LogP contribution in [0.15, 0.2) is 24.3 Å². The number of carbonyl (C=O) groups is 2. The van der Waals surface area contributed by atoms with Crippen LogP contribution in [0.3, 0.4) is 0 Å². The fraction of sp³-hybridized carbons (Fsp3) is 0.636. The lowest BCUT2D eigenvalue weighted by atomic mass is 9.79. The molecule has 0 bridgehead atoms. The van der Waals surface area contributed by atoms with Gasteiger partial charge < -0.3 is 10.6 Å². The SMILES string of the molecule is CCCCC1CCC(C(=O)Nc2ccc(CC(=O)NC3CC3)cc2)CC1. The molecule has 2 aliphatic rings. The van der Waals surface area contributed by atoms with Gasteiger partial charge in [0.2, 0.25) is 11.8 Å². The monoisotopic (exact) mass is 356 g/mol. The summed E-state index contributed by atoms with van der Waals surface area (Å²) in [6.07, 6.45) is 10.9. The van der Waals surface area contributed by atoms with Crippen molar-refractivity contribution in [2.45, 2.75) is 77.2 Å². The number of rotatable bonds is 8. The highest BCUT2D eigenvalue weighted by Crippen LogP contribution is 2.32. The maximum Gasteiger partial charge on any atom is 0.227 e. The molecule has 2 aliphatic carbocycles. The van der Waals surface area contributed by atoms with E-state index in [2.05, 4.69) is 17.6 Å². The molecule has 4 nitrogen and oxygen atoms in total. The topological polar surface area (TPSA) is 58.2 Å². The highest BCUT2D eigenvalue weighted by Gasteiger charge is 2.26. The summed E-state index contributed by atoms with van der Waals surface area (Å²) in [6, 6.07) is 8.08. The quantitative estimate of drug-likeness (QED) is 0.723. The van der Waals surface area contributed by atoms with E-state index >= 15 is 0 Å². The lowest BCUT2D eigenvalue weighted by molar-refractivity contribution is -0.121. The molecule has 0 radical (unpaired) electrons. The van der Waals surface area contributed by atoms with Gasteiger partial charge in [-0.15, -0.1) is 0 Å². The van der Waals surface area contributed by atoms with Crippen LogP contribution >= 0.6 is 0 Å². The van der Waals surface area contributed by atoms with Crippen molar-refractivity contribution in [3.63, 3.8) is 0 Å². The molecule has 0 atom stereocenters. The van der Waals surface area contributed by atoms with Gasteiger partial charge in [-0.05, 0) is 62.1 Å². The third-order valence-corrected chi connectivity index (χ3v) is 5.71. The maximum absolute atomic E-state index is 12.5. The molecule has 0 aliphatic heterocycles. The normalized spacial score (nSPS) is 22.7. The second kappa shape index (κ2) is 9.20. The van der Waals surface area contributed by atoms with E-state index in [1.807, 2.05) is 24.3 Å². The molecule has 0 aromatic heterocycles. The first-order valence-electron chi connectivity index (χ1n) is 10.3. The molecule has 1 aromatic rings. The Balaban J connectivity index is 1.42. The summed E-state index contributed by atoms with van der Waals surface area (Å²) in [5.74, 6) is 1.21. The van der Waals surface area contributed by atoms with Crippen LogP contribution in [0.1, 0.15) is 70.3 Å². The van der Waals surface area contributed by atoms with Gasteiger partial charge in [-0.25, -0.2) is 0 Å². The molecule has 0 spiro atoms. The summed E-state index contributed by atoms with van der Waals surface area (Å²) < 4.78 is 0. The van der Waals surface area contributed by atoms with Gasteiger partial charge in [-0.2, -0.15) is 0 Å². The maximum atomic E-state index is 12.5. The number of hydrogen-bond donors (Lipinski definition) is 2. The van der Waals surface area contributed by atoms with Crippen molar-refractivity contribution in [1.82, 2.24) is 5.32 Å². The average molecular weight is 357 g/mol. The minimum absolute atomic E-state index is 0.0871. The van der Waals surface area contributed by atoms with Crippen LogP contribution in [0.2, 0.25) is 0 Å². The van der Waals surface area contributed by atoms with E-state index in [1.54, 1.807) is 0 Å². The Morgan fingerprint density at radius 1 is 1.00 bits per heavy atom. The number of carbonyl (C=O) groups excluding carboxylic acids is 2. The van der Waals surface area contributed by atoms with Gasteiger partial charge in [-0.3, -0.25) is 9.59 Å². The van der Waals surface area contributed by atoms with E-state index < -0.39 is 0 Å². The van der Waals surface area contributed by atoms with Crippen molar-refractivity contribution in [3.05, 3.63) is 29.8 Å². The molecule has 4 heteroatoms. The lowest BCUT2D eigenvalue weighted by Gasteiger charge is -2.27. The fourth-order valence-electron chi connectivity index (χ4n) is 3.85. The molecule has 142 valence electrons. The van der Waals surface area contributed by atoms with E-state index in [0.29, 0.717) is 12.5 Å². The first-order chi connectivity index (χ1) is 12.6. The highest BCUT2D eigenvalue weighted by molar-refractivity contribution is 5.92. The molecule has 0 unspecified atom stereocenters. The van der Waals surface area contributed by atoms with Crippen LogP contribution < -0.4 is 10.6 Å². The van der Waals surface area contributed by atoms with Crippen LogP contribution in [-0.4, -0.2) is 17.9 Å². The first kappa shape index (κ1) is 18.9. The standard InChI is InChI=1S/C22H32N2O2/c1-2-3-4-16-5-9-18(10-6-16)22(26)24-20-11-7-17(8-12-20)15-21(25)23-19-13-14-19/h7-8,11-12,16,18-19H,2-6,9-10,13-15H2,1H3,(H,23,25)(H,24,26). The van der Waals surface area contributed by atoms with Crippen molar-refractivity contribution < 1.29 is 9.59 Å². The van der Waals surface area contributed by atoms with Gasteiger partial charge in [0.05, 0.1) is 6.42 Å². The second-order valence-electron chi connectivity index (χ2n) is 8.06. The Bertz CT molecular complexity index is 599. The summed E-state index contributed by atoms with van der Waals surface area (Å²) in [5, 5.41) is 6.05. The van der Waals surface area contributed by atoms with Gasteiger partial charge in [-0.1, -0.05) is 38.3 Å². The van der Waals surface area contributed by atoms with E-state index in [4.69, 9.17) is 0 Å². The molecular weight excluding hydrogens is 324 g/mol. The van der Waals surface area contributed by atoms with Gasteiger partial charge in [0, 0.05) is 17.6 Å². The molecule has 26 heavy (non-hydrogen) atoms. The zero-order valence-electron chi connectivity index (χ0n) is 15.9. The largest absolute Gasteiger partial charge is 0.353 e. The predicted molar refractivity (Wildman–Crippen MR) is 105 cm³/mol. The number of unbranched alkanes of at least 4 members (excludes halogenated alkanes) is 1. The summed E-state index contributed by atoms with van der Waals surface area (Å²) >= 11 is 0. The molecule has 2 N–H and O–H groups in total. The zero-order valence-corrected chi connectivity index (χ0v) is 15.9. The Kier molecular flexibility index (Phi) is 6.70. The number of nitrogens with one attached hydrogen (secondary N) is 2. The van der Waals surface area contributed by atoms with Crippen molar-refractivity contribution in [2.75, 3.05) is 5.32 Å². The third-order valence-electron chi connectivity index (χ3n) is 5.71. The summed E-state index contributed by atoms with van der Waals surface area (Å²) in [4.78, 5) is 24.3. The summed E-state index contributed by atoms with van der Waals surface area (Å²) in [7, 11) is 0. The Labute approximate surface area is 157 Å². The van der Waals surface area contributed by atoms with Crippen molar-refractivity contribution in [3.8, 4) is 0 Å². The molecule has 2 saturated carbocycles. The van der Waals surface area contributed by atoms with Crippen LogP contribution in [0.4, 0.5) is 5.69 Å². The van der Waals surface area contributed by atoms with E-state index in [-0.39, 0.29) is 17.7 Å². The van der Waals surface area contributed by atoms with E-state index in [1.165, 1.54) is 32.1 Å². The minimum Gasteiger partial charge on any atom is -0.353 e. The number of benzene rings is 1. The second-order valence-corrected chi connectivity index (χ2v) is 8.06. The predicted octanol–water partition coefficient (Wildman–Crippen LogP) is 4.44. The van der Waals surface area contributed by atoms with Crippen molar-refractivity contribution in [1.29, 1.82) is 0 Å². The van der Waals surface area contributed by atoms with Crippen molar-refractivity contribution >= 4 is 17.5 Å².